The highest BCUT2D eigenvalue weighted by Crippen LogP contribution is 2.29. The number of hydrogen-bond acceptors (Lipinski definition) is 9. The standard InChI is InChI=1S/C36H50N4O9S.C2H6/c1-24-9-7-10-26(21-24)33(46)38-23-31(43)40-29(22-32(44)45)34(47)39-27-11-13-28(14-12-27)48-19-8-18-37-30(42)15-16-35(3,4)49-20-17-36(5,6)50-25(2)41;1-2/h7,9-14,21,29H,8,15-20,22-23H2,1-6H3,(H,37,42)(H,38,46)(H,39,47)(H,40,43)(H,44,45);1-2H3/t29-;/m0./s1. The molecule has 52 heavy (non-hydrogen) atoms. The molecule has 0 fully saturated rings. The Bertz CT molecular complexity index is 1480. The zero-order chi connectivity index (χ0) is 39.3. The van der Waals surface area contributed by atoms with Gasteiger partial charge in [-0.3, -0.25) is 28.8 Å². The number of hydrogen-bond donors (Lipinski definition) is 5. The summed E-state index contributed by atoms with van der Waals surface area (Å²) in [6.45, 7) is 16.1. The summed E-state index contributed by atoms with van der Waals surface area (Å²) in [5.74, 6) is -2.78. The molecule has 1 atom stereocenters. The Kier molecular flexibility index (Phi) is 20.3. The average molecular weight is 745 g/mol. The molecule has 14 heteroatoms. The van der Waals surface area contributed by atoms with E-state index in [1.165, 1.54) is 11.8 Å². The number of thioether (sulfide) groups is 1. The van der Waals surface area contributed by atoms with Crippen molar-refractivity contribution in [3.05, 3.63) is 59.7 Å². The number of amides is 4. The van der Waals surface area contributed by atoms with Gasteiger partial charge in [0, 0.05) is 42.5 Å². The minimum absolute atomic E-state index is 0.0741. The summed E-state index contributed by atoms with van der Waals surface area (Å²) in [5, 5.41) is 19.6. The maximum atomic E-state index is 12.8. The fraction of sp³-hybridized carbons (Fsp3) is 0.526. The van der Waals surface area contributed by atoms with Crippen LogP contribution in [0.1, 0.15) is 96.5 Å². The van der Waals surface area contributed by atoms with Crippen LogP contribution in [0.15, 0.2) is 48.5 Å². The summed E-state index contributed by atoms with van der Waals surface area (Å²) >= 11 is 1.30. The second-order valence-corrected chi connectivity index (χ2v) is 14.9. The minimum Gasteiger partial charge on any atom is -0.494 e. The summed E-state index contributed by atoms with van der Waals surface area (Å²) in [5.41, 5.74) is 1.12. The maximum Gasteiger partial charge on any atom is 0.305 e. The van der Waals surface area contributed by atoms with Gasteiger partial charge in [-0.25, -0.2) is 0 Å². The zero-order valence-electron chi connectivity index (χ0n) is 31.7. The summed E-state index contributed by atoms with van der Waals surface area (Å²) in [4.78, 5) is 72.7. The zero-order valence-corrected chi connectivity index (χ0v) is 32.5. The van der Waals surface area contributed by atoms with Crippen molar-refractivity contribution < 1.29 is 43.3 Å². The van der Waals surface area contributed by atoms with Crippen molar-refractivity contribution in [2.75, 3.05) is 31.6 Å². The summed E-state index contributed by atoms with van der Waals surface area (Å²) < 4.78 is 11.5. The van der Waals surface area contributed by atoms with Gasteiger partial charge in [0.25, 0.3) is 5.91 Å². The first kappa shape index (κ1) is 45.6. The van der Waals surface area contributed by atoms with E-state index in [0.717, 1.165) is 12.0 Å². The highest BCUT2D eigenvalue weighted by atomic mass is 32.2. The molecule has 288 valence electrons. The van der Waals surface area contributed by atoms with Gasteiger partial charge in [-0.1, -0.05) is 57.2 Å². The molecule has 0 radical (unpaired) electrons. The molecule has 0 aromatic heterocycles. The molecule has 0 heterocycles. The monoisotopic (exact) mass is 744 g/mol. The van der Waals surface area contributed by atoms with Crippen LogP contribution in [0.25, 0.3) is 0 Å². The van der Waals surface area contributed by atoms with Crippen molar-refractivity contribution in [2.45, 2.75) is 104 Å². The van der Waals surface area contributed by atoms with Crippen LogP contribution in [0.2, 0.25) is 0 Å². The lowest BCUT2D eigenvalue weighted by molar-refractivity contribution is -0.139. The van der Waals surface area contributed by atoms with Crippen molar-refractivity contribution in [3.8, 4) is 5.75 Å². The molecular formula is C38H56N4O9S. The van der Waals surface area contributed by atoms with E-state index < -0.39 is 48.3 Å². The lowest BCUT2D eigenvalue weighted by Gasteiger charge is -2.28. The highest BCUT2D eigenvalue weighted by Gasteiger charge is 2.26. The quantitative estimate of drug-likeness (QED) is 0.106. The lowest BCUT2D eigenvalue weighted by atomic mass is 10.0. The van der Waals surface area contributed by atoms with E-state index >= 15 is 0 Å². The largest absolute Gasteiger partial charge is 0.494 e. The fourth-order valence-corrected chi connectivity index (χ4v) is 5.58. The number of benzene rings is 2. The van der Waals surface area contributed by atoms with Crippen LogP contribution < -0.4 is 26.0 Å². The number of carboxylic acid groups (broad SMARTS) is 1. The number of ether oxygens (including phenoxy) is 2. The van der Waals surface area contributed by atoms with E-state index in [1.54, 1.807) is 49.4 Å². The van der Waals surface area contributed by atoms with Crippen LogP contribution in [-0.4, -0.2) is 82.5 Å². The summed E-state index contributed by atoms with van der Waals surface area (Å²) in [7, 11) is 0. The molecule has 0 aliphatic rings. The third kappa shape index (κ3) is 19.8. The highest BCUT2D eigenvalue weighted by molar-refractivity contribution is 8.14. The molecule has 2 rings (SSSR count). The van der Waals surface area contributed by atoms with Crippen molar-refractivity contribution >= 4 is 52.2 Å². The third-order valence-electron chi connectivity index (χ3n) is 7.33. The predicted octanol–water partition coefficient (Wildman–Crippen LogP) is 5.26. The number of rotatable bonds is 21. The van der Waals surface area contributed by atoms with E-state index in [1.807, 2.05) is 54.5 Å². The number of aliphatic carboxylic acids is 1. The van der Waals surface area contributed by atoms with Gasteiger partial charge in [-0.05, 0) is 76.4 Å². The second-order valence-electron chi connectivity index (χ2n) is 13.0. The Morgan fingerprint density at radius 3 is 2.17 bits per heavy atom. The first-order valence-corrected chi connectivity index (χ1v) is 18.3. The normalized spacial score (nSPS) is 11.6. The van der Waals surface area contributed by atoms with E-state index in [-0.39, 0.29) is 15.8 Å². The SMILES string of the molecule is CC.CC(=O)SC(C)(C)CCOC(C)(C)CCC(=O)NCCCOc1ccc(NC(=O)[C@H](CC(=O)O)NC(=O)CNC(=O)c2cccc(C)c2)cc1. The number of aryl methyl sites for hydroxylation is 1. The van der Waals surface area contributed by atoms with Crippen molar-refractivity contribution in [2.24, 2.45) is 0 Å². The second kappa shape index (κ2) is 23.2. The van der Waals surface area contributed by atoms with E-state index in [0.29, 0.717) is 56.0 Å². The molecule has 0 spiro atoms. The minimum atomic E-state index is -1.38. The van der Waals surface area contributed by atoms with Crippen LogP contribution in [0.4, 0.5) is 5.69 Å². The van der Waals surface area contributed by atoms with Crippen LogP contribution in [0, 0.1) is 6.92 Å². The Hall–Kier alpha value is -4.43. The fourth-order valence-electron chi connectivity index (χ4n) is 4.62. The molecule has 0 unspecified atom stereocenters. The van der Waals surface area contributed by atoms with Crippen LogP contribution in [0.3, 0.4) is 0 Å². The van der Waals surface area contributed by atoms with Gasteiger partial charge in [0.05, 0.1) is 25.2 Å². The smallest absolute Gasteiger partial charge is 0.305 e. The van der Waals surface area contributed by atoms with Gasteiger partial charge < -0.3 is 35.8 Å². The van der Waals surface area contributed by atoms with Crippen molar-refractivity contribution in [1.82, 2.24) is 16.0 Å². The predicted molar refractivity (Wildman–Crippen MR) is 203 cm³/mol. The van der Waals surface area contributed by atoms with E-state index in [9.17, 15) is 33.9 Å². The molecular weight excluding hydrogens is 689 g/mol. The summed E-state index contributed by atoms with van der Waals surface area (Å²) in [6, 6.07) is 11.8. The molecule has 5 N–H and O–H groups in total. The van der Waals surface area contributed by atoms with Crippen LogP contribution >= 0.6 is 11.8 Å². The molecule has 0 saturated heterocycles. The van der Waals surface area contributed by atoms with Gasteiger partial charge in [-0.2, -0.15) is 0 Å². The molecule has 0 aliphatic carbocycles. The molecule has 2 aromatic carbocycles. The van der Waals surface area contributed by atoms with Gasteiger partial charge in [0.2, 0.25) is 17.7 Å². The Balaban J connectivity index is 0.00000664. The third-order valence-corrected chi connectivity index (χ3v) is 8.37. The molecule has 0 saturated carbocycles. The van der Waals surface area contributed by atoms with Crippen LogP contribution in [0.5, 0.6) is 5.75 Å². The Morgan fingerprint density at radius 1 is 0.885 bits per heavy atom. The topological polar surface area (TPSA) is 189 Å². The van der Waals surface area contributed by atoms with E-state index in [2.05, 4.69) is 21.3 Å². The first-order chi connectivity index (χ1) is 24.4. The Labute approximate surface area is 311 Å². The Morgan fingerprint density at radius 2 is 1.56 bits per heavy atom. The number of anilines is 1. The van der Waals surface area contributed by atoms with Gasteiger partial charge >= 0.3 is 5.97 Å². The number of carboxylic acids is 1. The number of carbonyl (C=O) groups excluding carboxylic acids is 5. The number of nitrogens with one attached hydrogen (secondary N) is 4. The van der Waals surface area contributed by atoms with Crippen molar-refractivity contribution in [3.63, 3.8) is 0 Å². The molecule has 2 aromatic rings. The van der Waals surface area contributed by atoms with Crippen LogP contribution in [-0.2, 0) is 28.7 Å². The van der Waals surface area contributed by atoms with Gasteiger partial charge in [-0.15, -0.1) is 0 Å². The van der Waals surface area contributed by atoms with Gasteiger partial charge in [0.1, 0.15) is 11.8 Å². The van der Waals surface area contributed by atoms with Gasteiger partial charge in [0.15, 0.2) is 5.12 Å². The molecule has 4 amide bonds. The summed E-state index contributed by atoms with van der Waals surface area (Å²) in [6.07, 6.45) is 1.49. The molecule has 0 bridgehead atoms. The van der Waals surface area contributed by atoms with Crippen molar-refractivity contribution in [1.29, 1.82) is 0 Å². The molecule has 13 nitrogen and oxygen atoms in total. The number of carbonyl (C=O) groups is 6. The average Bonchev–Trinajstić information content (AvgIpc) is 3.06. The lowest BCUT2D eigenvalue weighted by Crippen LogP contribution is -2.48. The first-order valence-electron chi connectivity index (χ1n) is 17.4. The maximum absolute atomic E-state index is 12.8. The van der Waals surface area contributed by atoms with E-state index in [4.69, 9.17) is 9.47 Å². The molecule has 0 aliphatic heterocycles.